The largest absolute Gasteiger partial charge is 0.390 e. The zero-order chi connectivity index (χ0) is 23.0. The van der Waals surface area contributed by atoms with Crippen molar-refractivity contribution in [1.82, 2.24) is 9.88 Å². The molecule has 1 amide bonds. The van der Waals surface area contributed by atoms with Crippen molar-refractivity contribution >= 4 is 16.8 Å². The number of amides is 1. The van der Waals surface area contributed by atoms with Gasteiger partial charge in [0.05, 0.1) is 11.1 Å². The van der Waals surface area contributed by atoms with Gasteiger partial charge in [-0.2, -0.15) is 0 Å². The van der Waals surface area contributed by atoms with Crippen LogP contribution >= 0.6 is 0 Å². The quantitative estimate of drug-likeness (QED) is 0.578. The fourth-order valence-electron chi connectivity index (χ4n) is 3.97. The van der Waals surface area contributed by atoms with Gasteiger partial charge in [-0.3, -0.25) is 4.79 Å². The zero-order valence-corrected chi connectivity index (χ0v) is 18.2. The molecular formula is C25H27F3N2O2. The lowest BCUT2D eigenvalue weighted by molar-refractivity contribution is -0.151. The van der Waals surface area contributed by atoms with E-state index in [0.29, 0.717) is 28.5 Å². The number of likely N-dealkylation sites (tertiary alicyclic amines) is 1. The topological polar surface area (TPSA) is 56.3 Å². The molecule has 1 aliphatic carbocycles. The summed E-state index contributed by atoms with van der Waals surface area (Å²) in [5.41, 5.74) is 0.953. The lowest BCUT2D eigenvalue weighted by atomic mass is 9.80. The lowest BCUT2D eigenvalue weighted by Gasteiger charge is -2.47. The first-order valence-electron chi connectivity index (χ1n) is 10.9. The molecule has 5 rings (SSSR count). The fraction of sp³-hybridized carbons (Fsp3) is 0.400. The van der Waals surface area contributed by atoms with E-state index in [1.165, 1.54) is 24.6 Å². The van der Waals surface area contributed by atoms with Gasteiger partial charge in [-0.15, -0.1) is 0 Å². The smallest absolute Gasteiger partial charge is 0.225 e. The van der Waals surface area contributed by atoms with Gasteiger partial charge >= 0.3 is 0 Å². The third kappa shape index (κ3) is 4.67. The molecule has 7 heteroatoms. The highest BCUT2D eigenvalue weighted by atomic mass is 19.1. The SMILES string of the molecule is CC(C)(O)C1CN(C(=O)C2CCC2)C1.Fc1ccc(-c2cc3cc(F)cc(F)c3[nH]2)cc1. The van der Waals surface area contributed by atoms with E-state index in [4.69, 9.17) is 0 Å². The van der Waals surface area contributed by atoms with Gasteiger partial charge in [0.2, 0.25) is 5.91 Å². The number of halogens is 3. The van der Waals surface area contributed by atoms with E-state index in [1.807, 2.05) is 18.7 Å². The van der Waals surface area contributed by atoms with Crippen LogP contribution in [0.25, 0.3) is 22.2 Å². The average molecular weight is 444 g/mol. The van der Waals surface area contributed by atoms with Crippen LogP contribution in [-0.4, -0.2) is 39.6 Å². The van der Waals surface area contributed by atoms with Gasteiger partial charge in [0.25, 0.3) is 0 Å². The number of aromatic amines is 1. The Balaban J connectivity index is 0.000000158. The molecule has 1 aliphatic heterocycles. The summed E-state index contributed by atoms with van der Waals surface area (Å²) in [6.45, 7) is 5.14. The summed E-state index contributed by atoms with van der Waals surface area (Å²) in [6, 6.07) is 9.50. The second-order valence-electron chi connectivity index (χ2n) is 9.26. The molecule has 0 unspecified atom stereocenters. The zero-order valence-electron chi connectivity index (χ0n) is 18.2. The van der Waals surface area contributed by atoms with Gasteiger partial charge in [0, 0.05) is 42.1 Å². The summed E-state index contributed by atoms with van der Waals surface area (Å²) >= 11 is 0. The molecule has 2 aromatic carbocycles. The Morgan fingerprint density at radius 1 is 1.03 bits per heavy atom. The van der Waals surface area contributed by atoms with Crippen molar-refractivity contribution < 1.29 is 23.1 Å². The van der Waals surface area contributed by atoms with E-state index in [9.17, 15) is 23.1 Å². The third-order valence-electron chi connectivity index (χ3n) is 6.45. The first-order chi connectivity index (χ1) is 15.1. The van der Waals surface area contributed by atoms with E-state index in [-0.39, 0.29) is 17.3 Å². The van der Waals surface area contributed by atoms with Crippen molar-refractivity contribution in [3.05, 3.63) is 59.9 Å². The second kappa shape index (κ2) is 8.62. The van der Waals surface area contributed by atoms with Crippen LogP contribution in [0, 0.1) is 29.3 Å². The van der Waals surface area contributed by atoms with Crippen LogP contribution in [0.1, 0.15) is 33.1 Å². The minimum atomic E-state index is -0.640. The van der Waals surface area contributed by atoms with Gasteiger partial charge in [0.15, 0.2) is 0 Å². The molecule has 3 aromatic rings. The molecule has 1 saturated heterocycles. The van der Waals surface area contributed by atoms with E-state index in [0.717, 1.165) is 32.0 Å². The van der Waals surface area contributed by atoms with E-state index in [1.54, 1.807) is 18.2 Å². The number of aliphatic hydroxyl groups is 1. The van der Waals surface area contributed by atoms with Gasteiger partial charge in [0.1, 0.15) is 17.5 Å². The third-order valence-corrected chi connectivity index (χ3v) is 6.45. The summed E-state index contributed by atoms with van der Waals surface area (Å²) in [5, 5.41) is 10.2. The van der Waals surface area contributed by atoms with Gasteiger partial charge in [-0.05, 0) is 68.7 Å². The summed E-state index contributed by atoms with van der Waals surface area (Å²) in [7, 11) is 0. The Morgan fingerprint density at radius 2 is 1.69 bits per heavy atom. The summed E-state index contributed by atoms with van der Waals surface area (Å²) in [5.74, 6) is -0.712. The number of nitrogens with one attached hydrogen (secondary N) is 1. The highest BCUT2D eigenvalue weighted by molar-refractivity contribution is 5.86. The number of hydrogen-bond acceptors (Lipinski definition) is 2. The first-order valence-corrected chi connectivity index (χ1v) is 10.9. The molecule has 2 N–H and O–H groups in total. The van der Waals surface area contributed by atoms with Crippen molar-refractivity contribution in [3.8, 4) is 11.3 Å². The summed E-state index contributed by atoms with van der Waals surface area (Å²) < 4.78 is 39.4. The Kier molecular flexibility index (Phi) is 6.03. The van der Waals surface area contributed by atoms with Gasteiger partial charge in [-0.25, -0.2) is 13.2 Å². The van der Waals surface area contributed by atoms with Crippen molar-refractivity contribution in [1.29, 1.82) is 0 Å². The predicted molar refractivity (Wildman–Crippen MR) is 117 cm³/mol. The van der Waals surface area contributed by atoms with Crippen LogP contribution in [0.3, 0.4) is 0 Å². The molecule has 2 fully saturated rings. The van der Waals surface area contributed by atoms with Gasteiger partial charge in [-0.1, -0.05) is 6.42 Å². The van der Waals surface area contributed by atoms with Crippen molar-refractivity contribution in [2.24, 2.45) is 11.8 Å². The molecule has 0 bridgehead atoms. The highest BCUT2D eigenvalue weighted by Crippen LogP contribution is 2.33. The van der Waals surface area contributed by atoms with Crippen molar-refractivity contribution in [2.75, 3.05) is 13.1 Å². The molecule has 4 nitrogen and oxygen atoms in total. The monoisotopic (exact) mass is 444 g/mol. The standard InChI is InChI=1S/C14H8F3N.C11H19NO2/c15-10-3-1-8(2-4-10)13-6-9-5-11(16)7-12(17)14(9)18-13;1-11(2,14)9-6-12(7-9)10(13)8-4-3-5-8/h1-7,18H;8-9,14H,3-7H2,1-2H3. The second-order valence-corrected chi connectivity index (χ2v) is 9.26. The number of hydrogen-bond donors (Lipinski definition) is 2. The predicted octanol–water partition coefficient (Wildman–Crippen LogP) is 5.27. The number of fused-ring (bicyclic) bond motifs is 1. The van der Waals surface area contributed by atoms with Gasteiger partial charge < -0.3 is 15.0 Å². The molecule has 2 aliphatic rings. The van der Waals surface area contributed by atoms with Crippen LogP contribution in [0.2, 0.25) is 0 Å². The minimum Gasteiger partial charge on any atom is -0.390 e. The van der Waals surface area contributed by atoms with Crippen LogP contribution in [0.4, 0.5) is 13.2 Å². The summed E-state index contributed by atoms with van der Waals surface area (Å²) in [4.78, 5) is 16.5. The van der Waals surface area contributed by atoms with Crippen LogP contribution < -0.4 is 0 Å². The molecular weight excluding hydrogens is 417 g/mol. The molecule has 1 aromatic heterocycles. The van der Waals surface area contributed by atoms with E-state index in [2.05, 4.69) is 4.98 Å². The number of benzene rings is 2. The maximum absolute atomic E-state index is 13.5. The Hall–Kier alpha value is -2.80. The summed E-state index contributed by atoms with van der Waals surface area (Å²) in [6.07, 6.45) is 3.35. The van der Waals surface area contributed by atoms with E-state index < -0.39 is 17.2 Å². The number of nitrogens with zero attached hydrogens (tertiary/aromatic N) is 1. The van der Waals surface area contributed by atoms with E-state index >= 15 is 0 Å². The molecule has 0 spiro atoms. The Labute approximate surface area is 185 Å². The number of carbonyl (C=O) groups is 1. The Morgan fingerprint density at radius 3 is 2.25 bits per heavy atom. The van der Waals surface area contributed by atoms with Crippen LogP contribution in [-0.2, 0) is 4.79 Å². The number of carbonyl (C=O) groups excluding carboxylic acids is 1. The number of rotatable bonds is 3. The molecule has 32 heavy (non-hydrogen) atoms. The molecule has 170 valence electrons. The highest BCUT2D eigenvalue weighted by Gasteiger charge is 2.42. The van der Waals surface area contributed by atoms with Crippen LogP contribution in [0.5, 0.6) is 0 Å². The fourth-order valence-corrected chi connectivity index (χ4v) is 3.97. The van der Waals surface area contributed by atoms with Crippen molar-refractivity contribution in [3.63, 3.8) is 0 Å². The normalized spacial score (nSPS) is 16.9. The number of aromatic nitrogens is 1. The number of H-pyrrole nitrogens is 1. The first kappa shape index (κ1) is 22.4. The molecule has 1 saturated carbocycles. The Bertz CT molecular complexity index is 1110. The van der Waals surface area contributed by atoms with Crippen molar-refractivity contribution in [2.45, 2.75) is 38.7 Å². The average Bonchev–Trinajstić information content (AvgIpc) is 3.03. The minimum absolute atomic E-state index is 0.246. The molecule has 2 heterocycles. The molecule has 0 atom stereocenters. The van der Waals surface area contributed by atoms with Crippen LogP contribution in [0.15, 0.2) is 42.5 Å². The maximum atomic E-state index is 13.5. The lowest BCUT2D eigenvalue weighted by Crippen LogP contribution is -2.59. The molecule has 0 radical (unpaired) electrons. The maximum Gasteiger partial charge on any atom is 0.225 e.